The molecule has 0 N–H and O–H groups in total. The van der Waals surface area contributed by atoms with Crippen LogP contribution in [0.5, 0.6) is 0 Å². The lowest BCUT2D eigenvalue weighted by atomic mass is 9.61. The third-order valence-corrected chi connectivity index (χ3v) is 6.16. The molecule has 1 aliphatic heterocycles. The topological polar surface area (TPSA) is 33.0 Å². The molecule has 3 fully saturated rings. The van der Waals surface area contributed by atoms with Crippen molar-refractivity contribution in [3.63, 3.8) is 0 Å². The molecule has 3 rings (SSSR count). The summed E-state index contributed by atoms with van der Waals surface area (Å²) < 4.78 is 6.38. The van der Waals surface area contributed by atoms with Gasteiger partial charge in [0.1, 0.15) is 0 Å². The van der Waals surface area contributed by atoms with Crippen molar-refractivity contribution in [2.24, 2.45) is 17.3 Å². The van der Waals surface area contributed by atoms with E-state index >= 15 is 0 Å². The van der Waals surface area contributed by atoms with Crippen LogP contribution in [0.1, 0.15) is 71.1 Å². The summed E-state index contributed by atoms with van der Waals surface area (Å²) in [4.78, 5) is 0. The number of ether oxygens (including phenoxy) is 1. The van der Waals surface area contributed by atoms with Crippen LogP contribution in [-0.4, -0.2) is 12.2 Å². The van der Waals surface area contributed by atoms with Crippen LogP contribution in [0, 0.1) is 28.6 Å². The molecule has 0 aromatic heterocycles. The Morgan fingerprint density at radius 3 is 2.95 bits per heavy atom. The monoisotopic (exact) mass is 261 g/mol. The molecular formula is C17H27NO. The second kappa shape index (κ2) is 5.44. The Labute approximate surface area is 117 Å². The number of fused-ring (bicyclic) bond motifs is 3. The number of unbranched alkanes of at least 4 members (excludes halogenated alkanes) is 1. The molecule has 2 nitrogen and oxygen atoms in total. The molecule has 106 valence electrons. The minimum Gasteiger partial charge on any atom is -0.375 e. The number of hydrogen-bond donors (Lipinski definition) is 0. The smallest absolute Gasteiger partial charge is 0.0621 e. The molecule has 0 bridgehead atoms. The van der Waals surface area contributed by atoms with Crippen molar-refractivity contribution in [2.45, 2.75) is 83.3 Å². The van der Waals surface area contributed by atoms with Crippen molar-refractivity contribution in [3.05, 3.63) is 0 Å². The average molecular weight is 261 g/mol. The predicted octanol–water partition coefficient (Wildman–Crippen LogP) is 4.44. The summed E-state index contributed by atoms with van der Waals surface area (Å²) in [7, 11) is 0. The largest absolute Gasteiger partial charge is 0.375 e. The first-order chi connectivity index (χ1) is 9.23. The van der Waals surface area contributed by atoms with E-state index in [4.69, 9.17) is 10.00 Å². The van der Waals surface area contributed by atoms with Gasteiger partial charge in [-0.1, -0.05) is 13.3 Å². The summed E-state index contributed by atoms with van der Waals surface area (Å²) in [6.07, 6.45) is 13.4. The SMILES string of the molecule is C[C@@]12CCC[C@H]1C1CCC(CCCC#N)OC1CC2. The van der Waals surface area contributed by atoms with Gasteiger partial charge in [-0.2, -0.15) is 5.26 Å². The van der Waals surface area contributed by atoms with Gasteiger partial charge in [0, 0.05) is 6.42 Å². The molecule has 2 saturated carbocycles. The molecule has 0 aromatic rings. The van der Waals surface area contributed by atoms with Crippen LogP contribution in [0.25, 0.3) is 0 Å². The van der Waals surface area contributed by atoms with Gasteiger partial charge in [0.25, 0.3) is 0 Å². The van der Waals surface area contributed by atoms with Gasteiger partial charge in [0.2, 0.25) is 0 Å². The van der Waals surface area contributed by atoms with Crippen LogP contribution in [-0.2, 0) is 4.74 Å². The average Bonchev–Trinajstić information content (AvgIpc) is 2.81. The summed E-state index contributed by atoms with van der Waals surface area (Å²) in [5.74, 6) is 1.78. The summed E-state index contributed by atoms with van der Waals surface area (Å²) in [5, 5.41) is 8.62. The van der Waals surface area contributed by atoms with Crippen LogP contribution in [0.2, 0.25) is 0 Å². The highest BCUT2D eigenvalue weighted by molar-refractivity contribution is 5.00. The maximum atomic E-state index is 8.62. The van der Waals surface area contributed by atoms with Crippen molar-refractivity contribution in [1.82, 2.24) is 0 Å². The lowest BCUT2D eigenvalue weighted by Gasteiger charge is -2.50. The quantitative estimate of drug-likeness (QED) is 0.703. The summed E-state index contributed by atoms with van der Waals surface area (Å²) in [5.41, 5.74) is 0.637. The first-order valence-corrected chi connectivity index (χ1v) is 8.25. The molecule has 19 heavy (non-hydrogen) atoms. The first-order valence-electron chi connectivity index (χ1n) is 8.25. The summed E-state index contributed by atoms with van der Waals surface area (Å²) in [6.45, 7) is 2.53. The number of nitriles is 1. The van der Waals surface area contributed by atoms with Crippen molar-refractivity contribution < 1.29 is 4.74 Å². The lowest BCUT2D eigenvalue weighted by Crippen LogP contribution is -2.46. The van der Waals surface area contributed by atoms with E-state index in [9.17, 15) is 0 Å². The summed E-state index contributed by atoms with van der Waals surface area (Å²) in [6, 6.07) is 2.24. The molecule has 1 heterocycles. The van der Waals surface area contributed by atoms with E-state index in [1.54, 1.807) is 0 Å². The third-order valence-electron chi connectivity index (χ3n) is 6.16. The predicted molar refractivity (Wildman–Crippen MR) is 75.5 cm³/mol. The van der Waals surface area contributed by atoms with E-state index in [0.717, 1.165) is 24.7 Å². The fourth-order valence-corrected chi connectivity index (χ4v) is 5.12. The molecule has 0 radical (unpaired) electrons. The molecular weight excluding hydrogens is 234 g/mol. The van der Waals surface area contributed by atoms with Crippen molar-refractivity contribution in [3.8, 4) is 6.07 Å². The Kier molecular flexibility index (Phi) is 3.85. The van der Waals surface area contributed by atoms with Crippen LogP contribution in [0.4, 0.5) is 0 Å². The zero-order valence-electron chi connectivity index (χ0n) is 12.2. The lowest BCUT2D eigenvalue weighted by molar-refractivity contribution is -0.139. The highest BCUT2D eigenvalue weighted by Crippen LogP contribution is 2.57. The zero-order chi connectivity index (χ0) is 13.3. The van der Waals surface area contributed by atoms with E-state index in [-0.39, 0.29) is 0 Å². The number of hydrogen-bond acceptors (Lipinski definition) is 2. The van der Waals surface area contributed by atoms with Gasteiger partial charge in [-0.25, -0.2) is 0 Å². The highest BCUT2D eigenvalue weighted by atomic mass is 16.5. The van der Waals surface area contributed by atoms with Gasteiger partial charge in [-0.3, -0.25) is 0 Å². The Bertz CT molecular complexity index is 361. The highest BCUT2D eigenvalue weighted by Gasteiger charge is 2.50. The molecule has 0 spiro atoms. The molecule has 3 aliphatic rings. The van der Waals surface area contributed by atoms with Crippen molar-refractivity contribution >= 4 is 0 Å². The van der Waals surface area contributed by atoms with Gasteiger partial charge in [0.05, 0.1) is 18.3 Å². The second-order valence-corrected chi connectivity index (χ2v) is 7.28. The molecule has 3 unspecified atom stereocenters. The molecule has 2 heteroatoms. The van der Waals surface area contributed by atoms with Gasteiger partial charge < -0.3 is 4.74 Å². The minimum absolute atomic E-state index is 0.445. The van der Waals surface area contributed by atoms with Crippen LogP contribution in [0.15, 0.2) is 0 Å². The van der Waals surface area contributed by atoms with Gasteiger partial charge >= 0.3 is 0 Å². The molecule has 1 saturated heterocycles. The number of rotatable bonds is 3. The van der Waals surface area contributed by atoms with Gasteiger partial charge in [-0.15, -0.1) is 0 Å². The standard InChI is InChI=1S/C17H27NO/c1-17-10-4-6-15(17)14-8-7-13(5-2-3-12-18)19-16(14)9-11-17/h13-16H,2-11H2,1H3/t13?,14?,15-,16?,17-/m0/s1. The normalized spacial score (nSPS) is 45.3. The Morgan fingerprint density at radius 2 is 2.11 bits per heavy atom. The maximum Gasteiger partial charge on any atom is 0.0621 e. The van der Waals surface area contributed by atoms with Crippen LogP contribution in [0.3, 0.4) is 0 Å². The minimum atomic E-state index is 0.445. The Morgan fingerprint density at radius 1 is 1.21 bits per heavy atom. The van der Waals surface area contributed by atoms with E-state index in [1.165, 1.54) is 44.9 Å². The Balaban J connectivity index is 1.58. The zero-order valence-corrected chi connectivity index (χ0v) is 12.2. The molecule has 5 atom stereocenters. The van der Waals surface area contributed by atoms with Crippen molar-refractivity contribution in [2.75, 3.05) is 0 Å². The van der Waals surface area contributed by atoms with E-state index in [1.807, 2.05) is 0 Å². The molecule has 2 aliphatic carbocycles. The fraction of sp³-hybridized carbons (Fsp3) is 0.941. The maximum absolute atomic E-state index is 8.62. The molecule has 0 aromatic carbocycles. The molecule has 0 amide bonds. The van der Waals surface area contributed by atoms with E-state index in [2.05, 4.69) is 13.0 Å². The summed E-state index contributed by atoms with van der Waals surface area (Å²) >= 11 is 0. The second-order valence-electron chi connectivity index (χ2n) is 7.28. The van der Waals surface area contributed by atoms with Crippen LogP contribution < -0.4 is 0 Å². The van der Waals surface area contributed by atoms with Crippen molar-refractivity contribution in [1.29, 1.82) is 5.26 Å². The Hall–Kier alpha value is -0.550. The fourth-order valence-electron chi connectivity index (χ4n) is 5.12. The first kappa shape index (κ1) is 13.4. The van der Waals surface area contributed by atoms with Gasteiger partial charge in [-0.05, 0) is 68.6 Å². The number of nitrogens with zero attached hydrogens (tertiary/aromatic N) is 1. The van der Waals surface area contributed by atoms with Crippen LogP contribution >= 0.6 is 0 Å². The van der Waals surface area contributed by atoms with E-state index in [0.29, 0.717) is 24.0 Å². The van der Waals surface area contributed by atoms with Gasteiger partial charge in [0.15, 0.2) is 0 Å². The van der Waals surface area contributed by atoms with E-state index < -0.39 is 0 Å². The third kappa shape index (κ3) is 2.55.